The highest BCUT2D eigenvalue weighted by Gasteiger charge is 2.01. The van der Waals surface area contributed by atoms with Crippen molar-refractivity contribution >= 4 is 5.97 Å². The molecule has 0 rings (SSSR count). The average molecular weight is 345 g/mol. The topological polar surface area (TPSA) is 44.8 Å². The van der Waals surface area contributed by atoms with Crippen LogP contribution in [0.2, 0.25) is 0 Å². The van der Waals surface area contributed by atoms with Crippen LogP contribution in [0.4, 0.5) is 0 Å². The van der Waals surface area contributed by atoms with Gasteiger partial charge in [-0.05, 0) is 12.8 Å². The van der Waals surface area contributed by atoms with Gasteiger partial charge in [-0.25, -0.2) is 0 Å². The van der Waals surface area contributed by atoms with Crippen LogP contribution in [0, 0.1) is 0 Å². The van der Waals surface area contributed by atoms with Gasteiger partial charge in [0.1, 0.15) is 6.61 Å². The van der Waals surface area contributed by atoms with Crippen molar-refractivity contribution in [2.24, 2.45) is 0 Å². The van der Waals surface area contributed by atoms with E-state index in [0.29, 0.717) is 32.8 Å². The molecule has 144 valence electrons. The Kier molecular flexibility index (Phi) is 19.9. The van der Waals surface area contributed by atoms with Crippen molar-refractivity contribution in [2.45, 2.75) is 90.9 Å². The molecular weight excluding hydrogens is 304 g/mol. The number of rotatable bonds is 19. The van der Waals surface area contributed by atoms with E-state index in [2.05, 4.69) is 13.8 Å². The average Bonchev–Trinajstić information content (AvgIpc) is 2.58. The van der Waals surface area contributed by atoms with E-state index < -0.39 is 0 Å². The molecule has 0 saturated heterocycles. The first kappa shape index (κ1) is 23.4. The lowest BCUT2D eigenvalue weighted by atomic mass is 10.1. The molecule has 0 aliphatic heterocycles. The van der Waals surface area contributed by atoms with Crippen LogP contribution in [0.15, 0.2) is 0 Å². The third-order valence-corrected chi connectivity index (χ3v) is 3.99. The van der Waals surface area contributed by atoms with E-state index in [0.717, 1.165) is 32.3 Å². The van der Waals surface area contributed by atoms with Gasteiger partial charge in [0, 0.05) is 13.0 Å². The molecule has 0 aliphatic carbocycles. The fraction of sp³-hybridized carbons (Fsp3) is 0.950. The Morgan fingerprint density at radius 1 is 0.583 bits per heavy atom. The van der Waals surface area contributed by atoms with Crippen LogP contribution in [0.3, 0.4) is 0 Å². The van der Waals surface area contributed by atoms with Gasteiger partial charge in [0.05, 0.1) is 19.8 Å². The van der Waals surface area contributed by atoms with Gasteiger partial charge in [-0.3, -0.25) is 4.79 Å². The first-order valence-corrected chi connectivity index (χ1v) is 10.1. The number of hydrogen-bond donors (Lipinski definition) is 0. The van der Waals surface area contributed by atoms with Crippen molar-refractivity contribution in [3.8, 4) is 0 Å². The van der Waals surface area contributed by atoms with E-state index in [9.17, 15) is 4.79 Å². The minimum atomic E-state index is -0.113. The molecule has 24 heavy (non-hydrogen) atoms. The van der Waals surface area contributed by atoms with Gasteiger partial charge in [-0.15, -0.1) is 0 Å². The maximum absolute atomic E-state index is 11.3. The minimum absolute atomic E-state index is 0.113. The summed E-state index contributed by atoms with van der Waals surface area (Å²) in [4.78, 5) is 11.3. The Hall–Kier alpha value is -0.610. The lowest BCUT2D eigenvalue weighted by Gasteiger charge is -2.07. The third-order valence-electron chi connectivity index (χ3n) is 3.99. The van der Waals surface area contributed by atoms with E-state index in [1.54, 1.807) is 0 Å². The first-order valence-electron chi connectivity index (χ1n) is 10.1. The van der Waals surface area contributed by atoms with Crippen LogP contribution in [0.1, 0.15) is 90.9 Å². The van der Waals surface area contributed by atoms with E-state index >= 15 is 0 Å². The Bertz CT molecular complexity index is 256. The highest BCUT2D eigenvalue weighted by atomic mass is 16.6. The van der Waals surface area contributed by atoms with Gasteiger partial charge in [0.2, 0.25) is 0 Å². The molecule has 0 amide bonds. The quantitative estimate of drug-likeness (QED) is 0.236. The third kappa shape index (κ3) is 19.4. The van der Waals surface area contributed by atoms with Crippen LogP contribution < -0.4 is 0 Å². The summed E-state index contributed by atoms with van der Waals surface area (Å²) in [7, 11) is 0. The molecule has 0 bridgehead atoms. The van der Waals surface area contributed by atoms with Crippen LogP contribution in [-0.2, 0) is 19.0 Å². The molecule has 4 nitrogen and oxygen atoms in total. The number of unbranched alkanes of at least 4 members (excludes halogenated alkanes) is 9. The van der Waals surface area contributed by atoms with Crippen LogP contribution in [-0.4, -0.2) is 39.0 Å². The van der Waals surface area contributed by atoms with E-state index in [-0.39, 0.29) is 5.97 Å². The Balaban J connectivity index is 3.06. The minimum Gasteiger partial charge on any atom is -0.463 e. The monoisotopic (exact) mass is 344 g/mol. The molecule has 0 aromatic carbocycles. The Morgan fingerprint density at radius 3 is 1.75 bits per heavy atom. The fourth-order valence-corrected chi connectivity index (χ4v) is 2.47. The largest absolute Gasteiger partial charge is 0.463 e. The normalized spacial score (nSPS) is 10.9. The van der Waals surface area contributed by atoms with Crippen molar-refractivity contribution < 1.29 is 19.0 Å². The van der Waals surface area contributed by atoms with Crippen LogP contribution in [0.25, 0.3) is 0 Å². The summed E-state index contributed by atoms with van der Waals surface area (Å²) in [5.41, 5.74) is 0. The molecule has 0 fully saturated rings. The smallest absolute Gasteiger partial charge is 0.305 e. The van der Waals surface area contributed by atoms with Crippen molar-refractivity contribution in [3.63, 3.8) is 0 Å². The van der Waals surface area contributed by atoms with Crippen LogP contribution in [0.5, 0.6) is 0 Å². The second-order valence-electron chi connectivity index (χ2n) is 6.38. The molecule has 0 aromatic heterocycles. The summed E-state index contributed by atoms with van der Waals surface area (Å²) in [5, 5.41) is 0. The standard InChI is InChI=1S/C20H40O4/c1-3-5-7-8-9-10-11-13-15-22-16-17-23-18-19-24-20(21)14-12-6-4-2/h3-19H2,1-2H3. The maximum Gasteiger partial charge on any atom is 0.305 e. The molecule has 0 atom stereocenters. The predicted molar refractivity (Wildman–Crippen MR) is 99.3 cm³/mol. The van der Waals surface area contributed by atoms with E-state index in [1.807, 2.05) is 0 Å². The van der Waals surface area contributed by atoms with E-state index in [1.165, 1.54) is 44.9 Å². The number of esters is 1. The van der Waals surface area contributed by atoms with Gasteiger partial charge >= 0.3 is 5.97 Å². The second kappa shape index (κ2) is 20.4. The molecule has 4 heteroatoms. The summed E-state index contributed by atoms with van der Waals surface area (Å²) in [5.74, 6) is -0.113. The molecule has 0 spiro atoms. The summed E-state index contributed by atoms with van der Waals surface area (Å²) in [6.45, 7) is 7.21. The summed E-state index contributed by atoms with van der Waals surface area (Å²) >= 11 is 0. The highest BCUT2D eigenvalue weighted by molar-refractivity contribution is 5.69. The molecule has 0 N–H and O–H groups in total. The zero-order valence-electron chi connectivity index (χ0n) is 16.2. The van der Waals surface area contributed by atoms with Gasteiger partial charge in [-0.1, -0.05) is 71.6 Å². The summed E-state index contributed by atoms with van der Waals surface area (Å²) in [6.07, 6.45) is 14.2. The lowest BCUT2D eigenvalue weighted by molar-refractivity contribution is -0.145. The number of carbonyl (C=O) groups is 1. The van der Waals surface area contributed by atoms with Crippen molar-refractivity contribution in [1.82, 2.24) is 0 Å². The van der Waals surface area contributed by atoms with Gasteiger partial charge in [0.25, 0.3) is 0 Å². The Morgan fingerprint density at radius 2 is 1.08 bits per heavy atom. The molecular formula is C20H40O4. The maximum atomic E-state index is 11.3. The van der Waals surface area contributed by atoms with Crippen molar-refractivity contribution in [1.29, 1.82) is 0 Å². The number of ether oxygens (including phenoxy) is 3. The molecule has 0 saturated carbocycles. The molecule has 0 heterocycles. The fourth-order valence-electron chi connectivity index (χ4n) is 2.47. The lowest BCUT2D eigenvalue weighted by Crippen LogP contribution is -2.13. The summed E-state index contributed by atoms with van der Waals surface area (Å²) in [6, 6.07) is 0. The highest BCUT2D eigenvalue weighted by Crippen LogP contribution is 2.08. The van der Waals surface area contributed by atoms with Gasteiger partial charge in [0.15, 0.2) is 0 Å². The number of carbonyl (C=O) groups excluding carboxylic acids is 1. The zero-order chi connectivity index (χ0) is 17.7. The second-order valence-corrected chi connectivity index (χ2v) is 6.38. The predicted octanol–water partition coefficient (Wildman–Crippen LogP) is 5.28. The zero-order valence-corrected chi connectivity index (χ0v) is 16.2. The number of hydrogen-bond acceptors (Lipinski definition) is 4. The van der Waals surface area contributed by atoms with Gasteiger partial charge in [-0.2, -0.15) is 0 Å². The molecule has 0 aliphatic rings. The first-order chi connectivity index (χ1) is 11.8. The van der Waals surface area contributed by atoms with Crippen molar-refractivity contribution in [3.05, 3.63) is 0 Å². The van der Waals surface area contributed by atoms with Gasteiger partial charge < -0.3 is 14.2 Å². The van der Waals surface area contributed by atoms with Crippen molar-refractivity contribution in [2.75, 3.05) is 33.0 Å². The molecule has 0 unspecified atom stereocenters. The SMILES string of the molecule is CCCCCCCCCCOCCOCCOC(=O)CCCCC. The molecule has 0 radical (unpaired) electrons. The summed E-state index contributed by atoms with van der Waals surface area (Å²) < 4.78 is 16.0. The Labute approximate surface area is 149 Å². The molecule has 0 aromatic rings. The van der Waals surface area contributed by atoms with Crippen LogP contribution >= 0.6 is 0 Å². The van der Waals surface area contributed by atoms with E-state index in [4.69, 9.17) is 14.2 Å².